The minimum Gasteiger partial charge on any atom is -0.465 e. The van der Waals surface area contributed by atoms with Crippen molar-refractivity contribution in [1.82, 2.24) is 0 Å². The van der Waals surface area contributed by atoms with Crippen molar-refractivity contribution in [2.75, 3.05) is 13.4 Å². The van der Waals surface area contributed by atoms with Crippen LogP contribution in [0.1, 0.15) is 17.2 Å². The largest absolute Gasteiger partial charge is 0.465 e. The van der Waals surface area contributed by atoms with Crippen molar-refractivity contribution in [3.8, 4) is 11.5 Å². The molecule has 1 N–H and O–H groups in total. The van der Waals surface area contributed by atoms with E-state index in [1.165, 1.54) is 0 Å². The fraction of sp³-hybridized carbons (Fsp3) is 0.462. The number of hydrogen-bond acceptors (Lipinski definition) is 5. The number of cyclic esters (lactones) is 1. The highest BCUT2D eigenvalue weighted by Gasteiger charge is 2.46. The number of benzene rings is 1. The van der Waals surface area contributed by atoms with Crippen LogP contribution >= 0.6 is 0 Å². The van der Waals surface area contributed by atoms with Gasteiger partial charge in [-0.05, 0) is 29.7 Å². The number of rotatable bonds is 0. The number of aliphatic hydroxyl groups is 1. The smallest absolute Gasteiger partial charge is 0.309 e. The molecule has 0 saturated carbocycles. The molecule has 1 unspecified atom stereocenters. The Morgan fingerprint density at radius 3 is 2.78 bits per heavy atom. The Kier molecular flexibility index (Phi) is 1.92. The van der Waals surface area contributed by atoms with Crippen molar-refractivity contribution in [3.63, 3.8) is 0 Å². The van der Waals surface area contributed by atoms with E-state index < -0.39 is 6.10 Å². The molecule has 0 bridgehead atoms. The minimum atomic E-state index is -0.667. The van der Waals surface area contributed by atoms with Crippen molar-refractivity contribution in [2.24, 2.45) is 11.8 Å². The van der Waals surface area contributed by atoms with Crippen LogP contribution in [-0.2, 0) is 16.0 Å². The van der Waals surface area contributed by atoms with E-state index >= 15 is 0 Å². The van der Waals surface area contributed by atoms with E-state index in [-0.39, 0.29) is 24.6 Å². The van der Waals surface area contributed by atoms with E-state index in [4.69, 9.17) is 14.2 Å². The van der Waals surface area contributed by atoms with Crippen LogP contribution in [0.2, 0.25) is 0 Å². The summed E-state index contributed by atoms with van der Waals surface area (Å²) in [6.45, 7) is 0.516. The summed E-state index contributed by atoms with van der Waals surface area (Å²) in [7, 11) is 0. The highest BCUT2D eigenvalue weighted by Crippen LogP contribution is 2.46. The third-order valence-corrected chi connectivity index (χ3v) is 4.04. The summed E-state index contributed by atoms with van der Waals surface area (Å²) in [6, 6.07) is 3.68. The molecule has 3 atom stereocenters. The van der Waals surface area contributed by atoms with Crippen LogP contribution in [0.15, 0.2) is 12.1 Å². The number of hydrogen-bond donors (Lipinski definition) is 1. The lowest BCUT2D eigenvalue weighted by Crippen LogP contribution is -2.30. The second-order valence-electron chi connectivity index (χ2n) is 4.95. The van der Waals surface area contributed by atoms with Crippen molar-refractivity contribution >= 4 is 5.97 Å². The van der Waals surface area contributed by atoms with Crippen molar-refractivity contribution in [2.45, 2.75) is 12.5 Å². The van der Waals surface area contributed by atoms with Gasteiger partial charge in [-0.15, -0.1) is 0 Å². The second kappa shape index (κ2) is 3.38. The molecular formula is C13H12O5. The first-order chi connectivity index (χ1) is 8.74. The van der Waals surface area contributed by atoms with Gasteiger partial charge in [0.2, 0.25) is 6.79 Å². The zero-order chi connectivity index (χ0) is 12.3. The van der Waals surface area contributed by atoms with Gasteiger partial charge in [0.15, 0.2) is 11.5 Å². The van der Waals surface area contributed by atoms with Gasteiger partial charge in [-0.25, -0.2) is 0 Å². The zero-order valence-corrected chi connectivity index (χ0v) is 9.59. The SMILES string of the molecule is O=C1OC[C@H]2C1Cc1cc3c(cc1[C@@H]2O)OCO3. The minimum absolute atomic E-state index is 0.134. The molecule has 0 aromatic heterocycles. The molecule has 4 rings (SSSR count). The summed E-state index contributed by atoms with van der Waals surface area (Å²) in [5, 5.41) is 10.4. The van der Waals surface area contributed by atoms with Gasteiger partial charge in [-0.1, -0.05) is 0 Å². The molecule has 18 heavy (non-hydrogen) atoms. The summed E-state index contributed by atoms with van der Waals surface area (Å²) >= 11 is 0. The first kappa shape index (κ1) is 10.2. The number of carbonyl (C=O) groups is 1. The molecule has 1 aromatic carbocycles. The summed E-state index contributed by atoms with van der Waals surface area (Å²) < 4.78 is 15.7. The van der Waals surface area contributed by atoms with Gasteiger partial charge in [0.05, 0.1) is 18.6 Å². The molecule has 0 radical (unpaired) electrons. The third kappa shape index (κ3) is 1.22. The highest BCUT2D eigenvalue weighted by molar-refractivity contribution is 5.76. The van der Waals surface area contributed by atoms with Gasteiger partial charge in [-0.3, -0.25) is 4.79 Å². The van der Waals surface area contributed by atoms with Gasteiger partial charge in [0.1, 0.15) is 0 Å². The van der Waals surface area contributed by atoms with E-state index in [1.54, 1.807) is 0 Å². The predicted octanol–water partition coefficient (Wildman–Crippen LogP) is 0.794. The highest BCUT2D eigenvalue weighted by atomic mass is 16.7. The van der Waals surface area contributed by atoms with Crippen LogP contribution in [0.4, 0.5) is 0 Å². The molecule has 5 heteroatoms. The van der Waals surface area contributed by atoms with E-state index in [2.05, 4.69) is 0 Å². The Bertz CT molecular complexity index is 538. The molecule has 5 nitrogen and oxygen atoms in total. The maximum atomic E-state index is 11.6. The van der Waals surface area contributed by atoms with Crippen LogP contribution in [0.25, 0.3) is 0 Å². The van der Waals surface area contributed by atoms with Crippen LogP contribution in [0.5, 0.6) is 11.5 Å². The maximum Gasteiger partial charge on any atom is 0.309 e. The van der Waals surface area contributed by atoms with E-state index in [0.29, 0.717) is 24.5 Å². The predicted molar refractivity (Wildman–Crippen MR) is 59.2 cm³/mol. The Hall–Kier alpha value is -1.75. The third-order valence-electron chi connectivity index (χ3n) is 4.04. The van der Waals surface area contributed by atoms with Crippen LogP contribution in [0, 0.1) is 11.8 Å². The number of fused-ring (bicyclic) bond motifs is 3. The number of ether oxygens (including phenoxy) is 3. The summed E-state index contributed by atoms with van der Waals surface area (Å²) in [5.41, 5.74) is 1.78. The summed E-state index contributed by atoms with van der Waals surface area (Å²) in [5.74, 6) is 0.780. The fourth-order valence-corrected chi connectivity index (χ4v) is 3.04. The van der Waals surface area contributed by atoms with Gasteiger partial charge in [-0.2, -0.15) is 0 Å². The van der Waals surface area contributed by atoms with Crippen LogP contribution in [0.3, 0.4) is 0 Å². The molecule has 2 heterocycles. The van der Waals surface area contributed by atoms with Gasteiger partial charge >= 0.3 is 5.97 Å². The number of aliphatic hydroxyl groups excluding tert-OH is 1. The van der Waals surface area contributed by atoms with Crippen LogP contribution in [-0.4, -0.2) is 24.5 Å². The monoisotopic (exact) mass is 248 g/mol. The topological polar surface area (TPSA) is 65.0 Å². The summed E-state index contributed by atoms with van der Waals surface area (Å²) in [6.07, 6.45) is -0.0632. The maximum absolute atomic E-state index is 11.6. The molecule has 3 aliphatic rings. The molecule has 94 valence electrons. The second-order valence-corrected chi connectivity index (χ2v) is 4.95. The zero-order valence-electron chi connectivity index (χ0n) is 9.59. The molecule has 1 aromatic rings. The quantitative estimate of drug-likeness (QED) is 0.688. The summed E-state index contributed by atoms with van der Waals surface area (Å²) in [4.78, 5) is 11.6. The fourth-order valence-electron chi connectivity index (χ4n) is 3.04. The Balaban J connectivity index is 1.82. The molecule has 1 fully saturated rings. The Morgan fingerprint density at radius 1 is 1.17 bits per heavy atom. The van der Waals surface area contributed by atoms with E-state index in [0.717, 1.165) is 11.1 Å². The van der Waals surface area contributed by atoms with E-state index in [1.807, 2.05) is 12.1 Å². The average Bonchev–Trinajstić information content (AvgIpc) is 2.95. The van der Waals surface area contributed by atoms with Crippen molar-refractivity contribution in [3.05, 3.63) is 23.3 Å². The molecule has 0 spiro atoms. The van der Waals surface area contributed by atoms with E-state index in [9.17, 15) is 9.90 Å². The molecule has 2 aliphatic heterocycles. The lowest BCUT2D eigenvalue weighted by molar-refractivity contribution is -0.141. The molecule has 1 saturated heterocycles. The van der Waals surface area contributed by atoms with Gasteiger partial charge < -0.3 is 19.3 Å². The van der Waals surface area contributed by atoms with Crippen LogP contribution < -0.4 is 9.47 Å². The average molecular weight is 248 g/mol. The normalized spacial score (nSPS) is 31.8. The standard InChI is InChI=1S/C13H12O5/c14-12-7-3-11-10(17-5-18-11)2-6(7)1-8-9(12)4-16-13(8)15/h2-3,8-9,12,14H,1,4-5H2/t8?,9-,12-/m0/s1. The molecular weight excluding hydrogens is 236 g/mol. The number of carbonyl (C=O) groups excluding carboxylic acids is 1. The lowest BCUT2D eigenvalue weighted by Gasteiger charge is -2.29. The molecule has 0 amide bonds. The molecule has 1 aliphatic carbocycles. The number of esters is 1. The van der Waals surface area contributed by atoms with Crippen molar-refractivity contribution in [1.29, 1.82) is 0 Å². The van der Waals surface area contributed by atoms with Gasteiger partial charge in [0, 0.05) is 5.92 Å². The first-order valence-corrected chi connectivity index (χ1v) is 6.01. The lowest BCUT2D eigenvalue weighted by atomic mass is 9.75. The first-order valence-electron chi connectivity index (χ1n) is 6.01. The van der Waals surface area contributed by atoms with Gasteiger partial charge in [0.25, 0.3) is 0 Å². The van der Waals surface area contributed by atoms with Crippen molar-refractivity contribution < 1.29 is 24.1 Å². The Morgan fingerprint density at radius 2 is 1.94 bits per heavy atom. The Labute approximate surface area is 103 Å².